The number of furan rings is 1. The number of hydrogen-bond acceptors (Lipinski definition) is 5. The summed E-state index contributed by atoms with van der Waals surface area (Å²) in [5.41, 5.74) is 0.623. The molecule has 2 rings (SSSR count). The zero-order chi connectivity index (χ0) is 12.3. The van der Waals surface area contributed by atoms with Crippen LogP contribution in [-0.4, -0.2) is 53.5 Å². The van der Waals surface area contributed by atoms with Gasteiger partial charge in [-0.1, -0.05) is 0 Å². The molecule has 0 saturated carbocycles. The van der Waals surface area contributed by atoms with Crippen molar-refractivity contribution in [1.82, 2.24) is 4.90 Å². The van der Waals surface area contributed by atoms with E-state index < -0.39 is 5.97 Å². The second kappa shape index (κ2) is 5.31. The maximum Gasteiger partial charge on any atom is 0.372 e. The smallest absolute Gasteiger partial charge is 0.372 e. The maximum atomic E-state index is 10.9. The molecular weight excluding hydrogens is 226 g/mol. The number of ether oxygens (including phenoxy) is 1. The summed E-state index contributed by atoms with van der Waals surface area (Å²) in [7, 11) is 0. The standard InChI is InChI=1S/C11H15NO5/c13-6-9-7-16-4-2-12(9)5-8-1-3-17-10(8)11(14)15/h1,3,9,13H,2,4-7H2,(H,14,15). The van der Waals surface area contributed by atoms with Crippen LogP contribution in [-0.2, 0) is 11.3 Å². The van der Waals surface area contributed by atoms with Gasteiger partial charge in [0.25, 0.3) is 0 Å². The number of aliphatic hydroxyl groups is 1. The Morgan fingerprint density at radius 1 is 1.59 bits per heavy atom. The summed E-state index contributed by atoms with van der Waals surface area (Å²) < 4.78 is 10.2. The molecule has 2 heterocycles. The molecule has 94 valence electrons. The number of morpholine rings is 1. The average molecular weight is 241 g/mol. The largest absolute Gasteiger partial charge is 0.475 e. The Balaban J connectivity index is 2.08. The molecule has 17 heavy (non-hydrogen) atoms. The normalized spacial score (nSPS) is 21.6. The van der Waals surface area contributed by atoms with E-state index in [1.807, 2.05) is 4.90 Å². The highest BCUT2D eigenvalue weighted by atomic mass is 16.5. The SMILES string of the molecule is O=C(O)c1occc1CN1CCOCC1CO. The van der Waals surface area contributed by atoms with Gasteiger partial charge in [0.1, 0.15) is 0 Å². The van der Waals surface area contributed by atoms with Crippen molar-refractivity contribution in [1.29, 1.82) is 0 Å². The van der Waals surface area contributed by atoms with E-state index in [0.717, 1.165) is 0 Å². The fourth-order valence-corrected chi connectivity index (χ4v) is 1.93. The molecule has 6 heteroatoms. The molecule has 1 aromatic heterocycles. The zero-order valence-corrected chi connectivity index (χ0v) is 9.33. The van der Waals surface area contributed by atoms with Crippen LogP contribution in [0.25, 0.3) is 0 Å². The molecule has 1 aliphatic heterocycles. The second-order valence-corrected chi connectivity index (χ2v) is 3.96. The minimum atomic E-state index is -1.07. The third kappa shape index (κ3) is 2.66. The number of rotatable bonds is 4. The summed E-state index contributed by atoms with van der Waals surface area (Å²) in [5.74, 6) is -1.10. The zero-order valence-electron chi connectivity index (χ0n) is 9.33. The van der Waals surface area contributed by atoms with E-state index in [9.17, 15) is 9.90 Å². The number of aromatic carboxylic acids is 1. The van der Waals surface area contributed by atoms with Gasteiger partial charge in [0, 0.05) is 18.7 Å². The van der Waals surface area contributed by atoms with Crippen LogP contribution < -0.4 is 0 Å². The molecule has 0 radical (unpaired) electrons. The monoisotopic (exact) mass is 241 g/mol. The third-order valence-electron chi connectivity index (χ3n) is 2.87. The van der Waals surface area contributed by atoms with Crippen molar-refractivity contribution in [2.45, 2.75) is 12.6 Å². The summed E-state index contributed by atoms with van der Waals surface area (Å²) in [6, 6.07) is 1.56. The lowest BCUT2D eigenvalue weighted by atomic mass is 10.1. The fraction of sp³-hybridized carbons (Fsp3) is 0.545. The lowest BCUT2D eigenvalue weighted by Gasteiger charge is -2.34. The van der Waals surface area contributed by atoms with Crippen LogP contribution in [0.1, 0.15) is 16.1 Å². The van der Waals surface area contributed by atoms with Crippen LogP contribution >= 0.6 is 0 Å². The Bertz CT molecular complexity index is 389. The van der Waals surface area contributed by atoms with Gasteiger partial charge in [0.05, 0.1) is 32.1 Å². The van der Waals surface area contributed by atoms with Gasteiger partial charge in [-0.25, -0.2) is 4.79 Å². The average Bonchev–Trinajstić information content (AvgIpc) is 2.78. The van der Waals surface area contributed by atoms with Gasteiger partial charge in [-0.05, 0) is 6.07 Å². The summed E-state index contributed by atoms with van der Waals surface area (Å²) in [5, 5.41) is 18.1. The third-order valence-corrected chi connectivity index (χ3v) is 2.87. The highest BCUT2D eigenvalue weighted by molar-refractivity contribution is 5.86. The molecule has 0 spiro atoms. The Kier molecular flexibility index (Phi) is 3.78. The van der Waals surface area contributed by atoms with Gasteiger partial charge in [0.2, 0.25) is 5.76 Å². The number of hydrogen-bond donors (Lipinski definition) is 2. The Morgan fingerprint density at radius 3 is 3.12 bits per heavy atom. The molecule has 6 nitrogen and oxygen atoms in total. The molecule has 1 atom stereocenters. The molecule has 1 fully saturated rings. The maximum absolute atomic E-state index is 10.9. The number of carboxylic acids is 1. The first-order valence-corrected chi connectivity index (χ1v) is 5.44. The molecule has 1 saturated heterocycles. The summed E-state index contributed by atoms with van der Waals surface area (Å²) in [6.45, 7) is 2.19. The van der Waals surface area contributed by atoms with Crippen LogP contribution in [0.4, 0.5) is 0 Å². The summed E-state index contributed by atoms with van der Waals surface area (Å²) in [4.78, 5) is 12.9. The van der Waals surface area contributed by atoms with Crippen molar-refractivity contribution in [3.05, 3.63) is 23.7 Å². The van der Waals surface area contributed by atoms with E-state index in [1.165, 1.54) is 6.26 Å². The molecule has 0 bridgehead atoms. The van der Waals surface area contributed by atoms with E-state index in [4.69, 9.17) is 14.3 Å². The van der Waals surface area contributed by atoms with Gasteiger partial charge in [-0.15, -0.1) is 0 Å². The van der Waals surface area contributed by atoms with Crippen LogP contribution in [0, 0.1) is 0 Å². The highest BCUT2D eigenvalue weighted by Gasteiger charge is 2.24. The van der Waals surface area contributed by atoms with Crippen LogP contribution in [0.15, 0.2) is 16.7 Å². The van der Waals surface area contributed by atoms with E-state index in [1.54, 1.807) is 6.07 Å². The molecular formula is C11H15NO5. The number of carbonyl (C=O) groups is 1. The van der Waals surface area contributed by atoms with E-state index in [-0.39, 0.29) is 18.4 Å². The van der Waals surface area contributed by atoms with Crippen molar-refractivity contribution in [3.8, 4) is 0 Å². The van der Waals surface area contributed by atoms with E-state index in [2.05, 4.69) is 0 Å². The number of aliphatic hydroxyl groups excluding tert-OH is 1. The van der Waals surface area contributed by atoms with Crippen molar-refractivity contribution in [3.63, 3.8) is 0 Å². The number of nitrogens with zero attached hydrogens (tertiary/aromatic N) is 1. The van der Waals surface area contributed by atoms with Gasteiger partial charge in [-0.2, -0.15) is 0 Å². The molecule has 2 N–H and O–H groups in total. The van der Waals surface area contributed by atoms with Gasteiger partial charge in [0.15, 0.2) is 0 Å². The van der Waals surface area contributed by atoms with Crippen molar-refractivity contribution in [2.24, 2.45) is 0 Å². The predicted molar refractivity (Wildman–Crippen MR) is 57.8 cm³/mol. The Labute approximate surface area is 98.4 Å². The Hall–Kier alpha value is -1.37. The summed E-state index contributed by atoms with van der Waals surface area (Å²) in [6.07, 6.45) is 1.37. The minimum Gasteiger partial charge on any atom is -0.475 e. The quantitative estimate of drug-likeness (QED) is 0.782. The van der Waals surface area contributed by atoms with Gasteiger partial charge < -0.3 is 19.4 Å². The molecule has 1 aromatic rings. The predicted octanol–water partition coefficient (Wildman–Crippen LogP) is 0.171. The minimum absolute atomic E-state index is 0.000254. The second-order valence-electron chi connectivity index (χ2n) is 3.96. The highest BCUT2D eigenvalue weighted by Crippen LogP contribution is 2.16. The first-order valence-electron chi connectivity index (χ1n) is 5.44. The van der Waals surface area contributed by atoms with Gasteiger partial charge in [-0.3, -0.25) is 4.90 Å². The van der Waals surface area contributed by atoms with Crippen LogP contribution in [0.5, 0.6) is 0 Å². The lowest BCUT2D eigenvalue weighted by molar-refractivity contribution is -0.0314. The topological polar surface area (TPSA) is 83.1 Å². The first kappa shape index (κ1) is 12.1. The van der Waals surface area contributed by atoms with Crippen molar-refractivity contribution < 1.29 is 24.2 Å². The molecule has 1 aliphatic rings. The Morgan fingerprint density at radius 2 is 2.41 bits per heavy atom. The van der Waals surface area contributed by atoms with Crippen LogP contribution in [0.2, 0.25) is 0 Å². The van der Waals surface area contributed by atoms with Gasteiger partial charge >= 0.3 is 5.97 Å². The van der Waals surface area contributed by atoms with Crippen molar-refractivity contribution >= 4 is 5.97 Å². The molecule has 0 aliphatic carbocycles. The fourth-order valence-electron chi connectivity index (χ4n) is 1.93. The van der Waals surface area contributed by atoms with E-state index >= 15 is 0 Å². The summed E-state index contributed by atoms with van der Waals surface area (Å²) >= 11 is 0. The first-order chi connectivity index (χ1) is 8.22. The number of carboxylic acid groups (broad SMARTS) is 1. The van der Waals surface area contributed by atoms with Crippen LogP contribution in [0.3, 0.4) is 0 Å². The lowest BCUT2D eigenvalue weighted by Crippen LogP contribution is -2.46. The molecule has 0 aromatic carbocycles. The molecule has 0 amide bonds. The molecule has 1 unspecified atom stereocenters. The van der Waals surface area contributed by atoms with E-state index in [0.29, 0.717) is 31.9 Å². The van der Waals surface area contributed by atoms with Crippen molar-refractivity contribution in [2.75, 3.05) is 26.4 Å².